The fraction of sp³-hybridized carbons (Fsp3) is 0.278. The van der Waals surface area contributed by atoms with Gasteiger partial charge >= 0.3 is 41.9 Å². The number of halogens is 2. The van der Waals surface area contributed by atoms with Crippen LogP contribution in [0, 0.1) is 13.0 Å². The van der Waals surface area contributed by atoms with E-state index in [0.29, 0.717) is 0 Å². The van der Waals surface area contributed by atoms with E-state index in [-0.39, 0.29) is 30.2 Å². The Morgan fingerprint density at radius 1 is 1.14 bits per heavy atom. The normalized spacial score (nSPS) is 11.1. The first kappa shape index (κ1) is 24.2. The van der Waals surface area contributed by atoms with E-state index in [1.54, 1.807) is 23.3 Å². The first-order valence-electron chi connectivity index (χ1n) is 6.86. The van der Waals surface area contributed by atoms with Gasteiger partial charge in [-0.2, -0.15) is 17.2 Å². The molecule has 0 aromatic heterocycles. The summed E-state index contributed by atoms with van der Waals surface area (Å²) in [5.41, 5.74) is 2.99. The van der Waals surface area contributed by atoms with Crippen molar-refractivity contribution in [3.8, 4) is 0 Å². The summed E-state index contributed by atoms with van der Waals surface area (Å²) in [5, 5.41) is 2.72. The van der Waals surface area contributed by atoms with Crippen LogP contribution in [-0.4, -0.2) is 5.43 Å². The third-order valence-corrected chi connectivity index (χ3v) is 2.77. The number of aryl methyl sites for hydroxylation is 1. The maximum absolute atomic E-state index is 3.05. The van der Waals surface area contributed by atoms with Crippen LogP contribution in [0.4, 0.5) is 0 Å². The molecule has 0 radical (unpaired) electrons. The van der Waals surface area contributed by atoms with Crippen molar-refractivity contribution in [2.45, 2.75) is 33.4 Å². The molecule has 0 nitrogen and oxygen atoms in total. The minimum Gasteiger partial charge on any atom is -1.00 e. The fourth-order valence-electron chi connectivity index (χ4n) is 1.79. The predicted octanol–water partition coefficient (Wildman–Crippen LogP) is -0.645. The Bertz CT molecular complexity index is 623. The van der Waals surface area contributed by atoms with Gasteiger partial charge in [-0.1, -0.05) is 19.9 Å². The minimum atomic E-state index is 0. The van der Waals surface area contributed by atoms with Crippen LogP contribution in [0.2, 0.25) is 13.1 Å². The van der Waals surface area contributed by atoms with Gasteiger partial charge in [0.25, 0.3) is 0 Å². The van der Waals surface area contributed by atoms with Gasteiger partial charge in [-0.15, -0.1) is 41.5 Å². The average molecular weight is 429 g/mol. The van der Waals surface area contributed by atoms with E-state index < -0.39 is 0 Å². The van der Waals surface area contributed by atoms with Gasteiger partial charge in [-0.05, 0) is 0 Å². The molecule has 0 N–H and O–H groups in total. The van der Waals surface area contributed by atoms with Gasteiger partial charge in [-0.25, -0.2) is 12.2 Å². The second-order valence-corrected chi connectivity index (χ2v) is 14.5. The topological polar surface area (TPSA) is 0 Å². The summed E-state index contributed by atoms with van der Waals surface area (Å²) in [5.74, 6) is 0. The zero-order valence-corrected chi connectivity index (χ0v) is 18.6. The summed E-state index contributed by atoms with van der Waals surface area (Å²) < 4.78 is 0. The molecule has 1 aliphatic rings. The Morgan fingerprint density at radius 3 is 2.14 bits per heavy atom. The monoisotopic (exact) mass is 426 g/mol. The van der Waals surface area contributed by atoms with Gasteiger partial charge in [-0.3, -0.25) is 6.08 Å². The van der Waals surface area contributed by atoms with Crippen molar-refractivity contribution >= 4 is 16.2 Å². The molecular formula is C18H22Cl2SiZr-2. The molecule has 1 aliphatic carbocycles. The van der Waals surface area contributed by atoms with Crippen molar-refractivity contribution in [2.24, 2.45) is 0 Å². The Labute approximate surface area is 162 Å². The molecule has 3 rings (SSSR count). The smallest absolute Gasteiger partial charge is 0.0809 e. The van der Waals surface area contributed by atoms with E-state index >= 15 is 0 Å². The molecule has 0 saturated carbocycles. The van der Waals surface area contributed by atoms with Crippen LogP contribution in [0.1, 0.15) is 18.9 Å². The Morgan fingerprint density at radius 2 is 1.73 bits per heavy atom. The zero-order valence-electron chi connectivity index (χ0n) is 13.6. The van der Waals surface area contributed by atoms with Crippen LogP contribution in [0.15, 0.2) is 54.1 Å². The van der Waals surface area contributed by atoms with E-state index in [9.17, 15) is 0 Å². The number of rotatable bonds is 0. The maximum Gasteiger partial charge on any atom is -0.0809 e. The maximum atomic E-state index is 3.05. The van der Waals surface area contributed by atoms with E-state index in [1.807, 2.05) is 6.08 Å². The van der Waals surface area contributed by atoms with Gasteiger partial charge in [0.15, 0.2) is 0 Å². The average Bonchev–Trinajstić information content (AvgIpc) is 3.00. The summed E-state index contributed by atoms with van der Waals surface area (Å²) in [6.07, 6.45) is 8.15. The number of fused-ring (bicyclic) bond motifs is 1. The minimum absolute atomic E-state index is 0. The summed E-state index contributed by atoms with van der Waals surface area (Å²) in [4.78, 5) is 0. The van der Waals surface area contributed by atoms with Crippen molar-refractivity contribution in [1.82, 2.24) is 0 Å². The van der Waals surface area contributed by atoms with Crippen LogP contribution in [0.3, 0.4) is 0 Å². The quantitative estimate of drug-likeness (QED) is 0.387. The Hall–Kier alpha value is -0.0100. The molecule has 0 fully saturated rings. The fourth-order valence-corrected chi connectivity index (χ4v) is 1.79. The molecule has 118 valence electrons. The van der Waals surface area contributed by atoms with Gasteiger partial charge < -0.3 is 24.8 Å². The summed E-state index contributed by atoms with van der Waals surface area (Å²) in [6, 6.07) is 12.8. The van der Waals surface area contributed by atoms with Crippen molar-refractivity contribution < 1.29 is 48.1 Å². The predicted molar refractivity (Wildman–Crippen MR) is 87.9 cm³/mol. The van der Waals surface area contributed by atoms with Crippen LogP contribution >= 0.6 is 0 Å². The first-order valence-corrected chi connectivity index (χ1v) is 13.0. The largest absolute Gasteiger partial charge is 1.00 e. The molecule has 0 heterocycles. The molecular weight excluding hydrogens is 406 g/mol. The van der Waals surface area contributed by atoms with Crippen molar-refractivity contribution in [3.63, 3.8) is 0 Å². The SMILES string of the molecule is CC1=CC=[C-]C1.C[Si](C)=[Zr+2].Cc1c[cH-]c2ccccc12.[Cl-].[Cl-]. The molecule has 0 bridgehead atoms. The molecule has 0 saturated heterocycles. The summed E-state index contributed by atoms with van der Waals surface area (Å²) in [7, 11) is 0. The zero-order chi connectivity index (χ0) is 15.0. The van der Waals surface area contributed by atoms with Crippen molar-refractivity contribution in [3.05, 3.63) is 65.8 Å². The third kappa shape index (κ3) is 9.90. The van der Waals surface area contributed by atoms with Crippen molar-refractivity contribution in [1.29, 1.82) is 0 Å². The second-order valence-electron chi connectivity index (χ2n) is 5.16. The van der Waals surface area contributed by atoms with Gasteiger partial charge in [0.1, 0.15) is 0 Å². The molecule has 0 aliphatic heterocycles. The summed E-state index contributed by atoms with van der Waals surface area (Å²) in [6.45, 7) is 8.87. The molecule has 0 spiro atoms. The Kier molecular flexibility index (Phi) is 14.8. The van der Waals surface area contributed by atoms with E-state index in [4.69, 9.17) is 0 Å². The molecule has 2 aromatic carbocycles. The van der Waals surface area contributed by atoms with Crippen molar-refractivity contribution in [2.75, 3.05) is 0 Å². The van der Waals surface area contributed by atoms with E-state index in [0.717, 1.165) is 6.42 Å². The number of hydrogen-bond donors (Lipinski definition) is 0. The standard InChI is InChI=1S/C10H9.C6H7.C2H6Si.2ClH.Zr/c1-8-6-7-9-4-2-3-5-10(8)9;1-6-4-2-3-5-6;1-3-2;;;/h2-7H,1H3;2,4H,5H2,1H3;1-2H3;2*1H;/q2*-1;;;;+2/p-2. The van der Waals surface area contributed by atoms with Gasteiger partial charge in [0.05, 0.1) is 0 Å². The van der Waals surface area contributed by atoms with Gasteiger partial charge in [0.2, 0.25) is 0 Å². The molecule has 0 unspecified atom stereocenters. The summed E-state index contributed by atoms with van der Waals surface area (Å²) >= 11 is 1.74. The molecule has 2 aromatic rings. The molecule has 0 atom stereocenters. The molecule has 0 amide bonds. The van der Waals surface area contributed by atoms with E-state index in [1.165, 1.54) is 21.9 Å². The van der Waals surface area contributed by atoms with Crippen LogP contribution in [0.5, 0.6) is 0 Å². The number of hydrogen-bond acceptors (Lipinski definition) is 0. The molecule has 4 heteroatoms. The molecule has 22 heavy (non-hydrogen) atoms. The second kappa shape index (κ2) is 13.4. The van der Waals surface area contributed by atoms with Gasteiger partial charge in [0, 0.05) is 0 Å². The van der Waals surface area contributed by atoms with E-state index in [2.05, 4.69) is 75.5 Å². The van der Waals surface area contributed by atoms with Crippen LogP contribution in [0.25, 0.3) is 10.8 Å². The number of allylic oxidation sites excluding steroid dienone is 4. The van der Waals surface area contributed by atoms with Crippen LogP contribution in [-0.2, 0) is 23.3 Å². The van der Waals surface area contributed by atoms with Crippen LogP contribution < -0.4 is 24.8 Å². The number of benzene rings is 1. The Balaban J connectivity index is 0. The first-order chi connectivity index (χ1) is 9.50. The third-order valence-electron chi connectivity index (χ3n) is 2.77.